The Kier molecular flexibility index (Phi) is 6.79. The summed E-state index contributed by atoms with van der Waals surface area (Å²) in [6.45, 7) is 0. The zero-order valence-electron chi connectivity index (χ0n) is 27.5. The van der Waals surface area contributed by atoms with Gasteiger partial charge in [-0.1, -0.05) is 133 Å². The summed E-state index contributed by atoms with van der Waals surface area (Å²) >= 11 is 0. The maximum Gasteiger partial charge on any atom is 0.172 e. The predicted molar refractivity (Wildman–Crippen MR) is 211 cm³/mol. The van der Waals surface area contributed by atoms with Gasteiger partial charge in [0.05, 0.1) is 6.20 Å². The van der Waals surface area contributed by atoms with Crippen LogP contribution in [0.2, 0.25) is 0 Å². The molecule has 0 aliphatic rings. The van der Waals surface area contributed by atoms with E-state index in [2.05, 4.69) is 174 Å². The second kappa shape index (κ2) is 11.8. The monoisotopic (exact) mass is 670 g/mol. The highest BCUT2D eigenvalue weighted by molar-refractivity contribution is 7.19. The lowest BCUT2D eigenvalue weighted by molar-refractivity contribution is 0.665. The molecule has 0 radical (unpaired) electrons. The van der Waals surface area contributed by atoms with Gasteiger partial charge in [-0.05, 0) is 66.7 Å². The largest absolute Gasteiger partial charge is 0.456 e. The van der Waals surface area contributed by atoms with Crippen LogP contribution in [0.1, 0.15) is 0 Å². The van der Waals surface area contributed by atoms with Crippen molar-refractivity contribution in [2.75, 3.05) is 0 Å². The van der Waals surface area contributed by atoms with Crippen molar-refractivity contribution in [2.24, 2.45) is 0 Å². The zero-order valence-corrected chi connectivity index (χ0v) is 28.5. The Balaban J connectivity index is 1.13. The number of benzene rings is 7. The van der Waals surface area contributed by atoms with Crippen molar-refractivity contribution in [3.8, 4) is 22.3 Å². The van der Waals surface area contributed by atoms with E-state index in [9.17, 15) is 0 Å². The van der Waals surface area contributed by atoms with Gasteiger partial charge >= 0.3 is 0 Å². The number of hydrogen-bond acceptors (Lipinski definition) is 4. The summed E-state index contributed by atoms with van der Waals surface area (Å²) in [5.74, 6) is 0. The SMILES string of the molecule is c1ccc([Si-](c2ccccc2)(c2ccccc2)c2cccc(-c3ccc4oc5ccc(-c6ccc7oc8cncnc8c7c6)cc5c4c3)c2)cc1. The van der Waals surface area contributed by atoms with E-state index >= 15 is 0 Å². The van der Waals surface area contributed by atoms with Crippen LogP contribution in [0.15, 0.2) is 191 Å². The highest BCUT2D eigenvalue weighted by Gasteiger charge is 2.28. The standard InChI is InChI=1S/C46H30N2O2Si/c1-4-12-35(13-5-1)51(36-14-6-2-7-15-36,37-16-8-3-9-17-37)38-18-10-11-31(25-38)32-19-22-42-39(26-32)40-27-33(20-23-43(40)49-42)34-21-24-44-41(28-34)46-45(50-44)29-47-30-48-46/h1-30H/q-1. The van der Waals surface area contributed by atoms with Crippen LogP contribution in [-0.4, -0.2) is 18.0 Å². The molecule has 0 spiro atoms. The molecular weight excluding hydrogens is 641 g/mol. The number of nitrogens with zero attached hydrogens (tertiary/aromatic N) is 2. The minimum absolute atomic E-state index is 0.689. The van der Waals surface area contributed by atoms with E-state index in [0.717, 1.165) is 55.1 Å². The van der Waals surface area contributed by atoms with Crippen LogP contribution in [0, 0.1) is 0 Å². The van der Waals surface area contributed by atoms with Crippen LogP contribution in [0.5, 0.6) is 0 Å². The van der Waals surface area contributed by atoms with E-state index in [1.165, 1.54) is 26.3 Å². The van der Waals surface area contributed by atoms with Gasteiger partial charge in [-0.15, -0.1) is 0 Å². The van der Waals surface area contributed by atoms with Crippen LogP contribution < -0.4 is 20.7 Å². The molecule has 0 amide bonds. The van der Waals surface area contributed by atoms with Gasteiger partial charge in [-0.2, -0.15) is 20.7 Å². The first-order valence-corrected chi connectivity index (χ1v) is 19.1. The Morgan fingerprint density at radius 1 is 0.373 bits per heavy atom. The number of rotatable bonds is 6. The fourth-order valence-corrected chi connectivity index (χ4v) is 12.6. The topological polar surface area (TPSA) is 52.1 Å². The lowest BCUT2D eigenvalue weighted by Crippen LogP contribution is -2.74. The third kappa shape index (κ3) is 4.74. The third-order valence-corrected chi connectivity index (χ3v) is 15.0. The van der Waals surface area contributed by atoms with Crippen molar-refractivity contribution >= 4 is 72.8 Å². The molecule has 0 bridgehead atoms. The first-order valence-electron chi connectivity index (χ1n) is 17.1. The smallest absolute Gasteiger partial charge is 0.172 e. The molecular formula is C46H30N2O2Si-. The first-order chi connectivity index (χ1) is 25.3. The minimum Gasteiger partial charge on any atom is -0.456 e. The molecule has 7 aromatic carbocycles. The molecule has 4 nitrogen and oxygen atoms in total. The van der Waals surface area contributed by atoms with E-state index in [-0.39, 0.29) is 0 Å². The fraction of sp³-hybridized carbons (Fsp3) is 0. The Bertz CT molecular complexity index is 2770. The Hall–Kier alpha value is -6.56. The van der Waals surface area contributed by atoms with Crippen molar-refractivity contribution in [2.45, 2.75) is 0 Å². The average Bonchev–Trinajstić information content (AvgIpc) is 3.77. The number of hydrogen-bond donors (Lipinski definition) is 0. The van der Waals surface area contributed by atoms with Gasteiger partial charge in [0.15, 0.2) is 5.58 Å². The van der Waals surface area contributed by atoms with Crippen LogP contribution in [0.25, 0.3) is 66.3 Å². The van der Waals surface area contributed by atoms with Crippen molar-refractivity contribution in [1.29, 1.82) is 0 Å². The molecule has 0 N–H and O–H groups in total. The van der Waals surface area contributed by atoms with Crippen LogP contribution in [0.3, 0.4) is 0 Å². The average molecular weight is 671 g/mol. The molecule has 0 atom stereocenters. The molecule has 0 fully saturated rings. The Morgan fingerprint density at radius 2 is 0.824 bits per heavy atom. The quantitative estimate of drug-likeness (QED) is 0.131. The van der Waals surface area contributed by atoms with Crippen molar-refractivity contribution in [1.82, 2.24) is 9.97 Å². The minimum atomic E-state index is -2.66. The Labute approximate surface area is 295 Å². The molecule has 241 valence electrons. The molecule has 3 aromatic heterocycles. The van der Waals surface area contributed by atoms with Gasteiger partial charge in [0.1, 0.15) is 28.6 Å². The van der Waals surface area contributed by atoms with Gasteiger partial charge in [0.2, 0.25) is 0 Å². The van der Waals surface area contributed by atoms with E-state index in [4.69, 9.17) is 8.83 Å². The van der Waals surface area contributed by atoms with Gasteiger partial charge < -0.3 is 8.83 Å². The first kappa shape index (κ1) is 29.4. The van der Waals surface area contributed by atoms with Crippen molar-refractivity contribution in [3.05, 3.63) is 182 Å². The van der Waals surface area contributed by atoms with Crippen LogP contribution in [-0.2, 0) is 0 Å². The van der Waals surface area contributed by atoms with Gasteiger partial charge in [-0.3, -0.25) is 0 Å². The molecule has 0 unspecified atom stereocenters. The Morgan fingerprint density at radius 3 is 1.37 bits per heavy atom. The molecule has 51 heavy (non-hydrogen) atoms. The normalized spacial score (nSPS) is 11.9. The van der Waals surface area contributed by atoms with Gasteiger partial charge in [-0.25, -0.2) is 9.97 Å². The highest BCUT2D eigenvalue weighted by Crippen LogP contribution is 2.36. The highest BCUT2D eigenvalue weighted by atomic mass is 28.3. The summed E-state index contributed by atoms with van der Waals surface area (Å²) in [4.78, 5) is 8.60. The number of furan rings is 2. The molecule has 0 aliphatic carbocycles. The third-order valence-electron chi connectivity index (χ3n) is 10.2. The second-order valence-corrected chi connectivity index (χ2v) is 16.8. The molecule has 10 aromatic rings. The van der Waals surface area contributed by atoms with Gasteiger partial charge in [0.25, 0.3) is 0 Å². The molecule has 0 saturated heterocycles. The predicted octanol–water partition coefficient (Wildman–Crippen LogP) is 8.99. The van der Waals surface area contributed by atoms with E-state index in [1.807, 2.05) is 6.07 Å². The van der Waals surface area contributed by atoms with E-state index in [1.54, 1.807) is 12.5 Å². The summed E-state index contributed by atoms with van der Waals surface area (Å²) in [7, 11) is -2.66. The summed E-state index contributed by atoms with van der Waals surface area (Å²) < 4.78 is 12.4. The second-order valence-electron chi connectivity index (χ2n) is 13.0. The zero-order chi connectivity index (χ0) is 33.8. The van der Waals surface area contributed by atoms with Crippen molar-refractivity contribution in [3.63, 3.8) is 0 Å². The lowest BCUT2D eigenvalue weighted by atomic mass is 9.99. The molecule has 5 heteroatoms. The van der Waals surface area contributed by atoms with Gasteiger partial charge in [0, 0.05) is 16.2 Å². The summed E-state index contributed by atoms with van der Waals surface area (Å²) in [6, 6.07) is 61.6. The maximum absolute atomic E-state index is 6.38. The lowest BCUT2D eigenvalue weighted by Gasteiger charge is -2.47. The number of fused-ring (bicyclic) bond motifs is 6. The molecule has 3 heterocycles. The summed E-state index contributed by atoms with van der Waals surface area (Å²) in [6.07, 6.45) is 3.28. The molecule has 0 aliphatic heterocycles. The number of aromatic nitrogens is 2. The van der Waals surface area contributed by atoms with Crippen molar-refractivity contribution < 1.29 is 8.83 Å². The van der Waals surface area contributed by atoms with E-state index in [0.29, 0.717) is 5.58 Å². The fourth-order valence-electron chi connectivity index (χ4n) is 7.83. The summed E-state index contributed by atoms with van der Waals surface area (Å²) in [5, 5.41) is 8.57. The van der Waals surface area contributed by atoms with Crippen LogP contribution in [0.4, 0.5) is 0 Å². The summed E-state index contributed by atoms with van der Waals surface area (Å²) in [5.41, 5.74) is 8.58. The molecule has 0 saturated carbocycles. The maximum atomic E-state index is 6.38. The van der Waals surface area contributed by atoms with Crippen LogP contribution >= 0.6 is 0 Å². The van der Waals surface area contributed by atoms with E-state index < -0.39 is 8.07 Å². The molecule has 10 rings (SSSR count).